The Morgan fingerprint density at radius 1 is 1.42 bits per heavy atom. The monoisotopic (exact) mass is 260 g/mol. The Bertz CT molecular complexity index is 599. The maximum atomic E-state index is 11.2. The Labute approximate surface area is 113 Å². The standard InChI is InChI=1S/C15H20N2O2/c1-10(2)6-5-9-17-11(3)16-14-12(15(18)19)7-4-8-13(14)17/h4,7-8,10H,5-6,9H2,1-3H3,(H,18,19). The molecule has 0 bridgehead atoms. The summed E-state index contributed by atoms with van der Waals surface area (Å²) in [4.78, 5) is 15.6. The fourth-order valence-corrected chi connectivity index (χ4v) is 2.38. The lowest BCUT2D eigenvalue weighted by molar-refractivity contribution is 0.0699. The van der Waals surface area contributed by atoms with Crippen molar-refractivity contribution in [3.63, 3.8) is 0 Å². The van der Waals surface area contributed by atoms with Crippen LogP contribution in [0.2, 0.25) is 0 Å². The average molecular weight is 260 g/mol. The minimum absolute atomic E-state index is 0.281. The van der Waals surface area contributed by atoms with Crippen LogP contribution in [0.4, 0.5) is 0 Å². The van der Waals surface area contributed by atoms with E-state index in [0.717, 1.165) is 30.7 Å². The smallest absolute Gasteiger partial charge is 0.337 e. The Kier molecular flexibility index (Phi) is 3.88. The zero-order valence-electron chi connectivity index (χ0n) is 11.7. The molecule has 2 aromatic rings. The highest BCUT2D eigenvalue weighted by molar-refractivity contribution is 6.01. The largest absolute Gasteiger partial charge is 0.478 e. The lowest BCUT2D eigenvalue weighted by Crippen LogP contribution is -2.02. The molecule has 0 saturated heterocycles. The fraction of sp³-hybridized carbons (Fsp3) is 0.467. The Hall–Kier alpha value is -1.84. The van der Waals surface area contributed by atoms with Crippen LogP contribution in [0.3, 0.4) is 0 Å². The van der Waals surface area contributed by atoms with Crippen molar-refractivity contribution in [1.29, 1.82) is 0 Å². The van der Waals surface area contributed by atoms with Crippen LogP contribution >= 0.6 is 0 Å². The number of carbonyl (C=O) groups is 1. The summed E-state index contributed by atoms with van der Waals surface area (Å²) in [5.41, 5.74) is 1.79. The molecular weight excluding hydrogens is 240 g/mol. The molecule has 1 N–H and O–H groups in total. The SMILES string of the molecule is Cc1nc2c(C(=O)O)cccc2n1CCCC(C)C. The van der Waals surface area contributed by atoms with Gasteiger partial charge in [0.1, 0.15) is 11.3 Å². The quantitative estimate of drug-likeness (QED) is 0.895. The molecule has 1 aromatic heterocycles. The molecule has 4 nitrogen and oxygen atoms in total. The predicted molar refractivity (Wildman–Crippen MR) is 75.5 cm³/mol. The maximum absolute atomic E-state index is 11.2. The number of imidazole rings is 1. The van der Waals surface area contributed by atoms with Crippen molar-refractivity contribution < 1.29 is 9.90 Å². The normalized spacial score (nSPS) is 11.4. The fourth-order valence-electron chi connectivity index (χ4n) is 2.38. The molecule has 0 spiro atoms. The number of benzene rings is 1. The number of para-hydroxylation sites is 1. The van der Waals surface area contributed by atoms with Gasteiger partial charge < -0.3 is 9.67 Å². The average Bonchev–Trinajstić information content (AvgIpc) is 2.65. The van der Waals surface area contributed by atoms with Crippen LogP contribution in [0.15, 0.2) is 18.2 Å². The molecule has 1 heterocycles. The van der Waals surface area contributed by atoms with Gasteiger partial charge in [-0.2, -0.15) is 0 Å². The third-order valence-corrected chi connectivity index (χ3v) is 3.36. The number of aryl methyl sites for hydroxylation is 2. The summed E-state index contributed by atoms with van der Waals surface area (Å²) in [6, 6.07) is 5.33. The predicted octanol–water partition coefficient (Wildman–Crippen LogP) is 3.48. The topological polar surface area (TPSA) is 55.1 Å². The van der Waals surface area contributed by atoms with Crippen LogP contribution in [0.5, 0.6) is 0 Å². The van der Waals surface area contributed by atoms with Crippen LogP contribution in [0.25, 0.3) is 11.0 Å². The van der Waals surface area contributed by atoms with Crippen molar-refractivity contribution in [2.45, 2.75) is 40.2 Å². The lowest BCUT2D eigenvalue weighted by atomic mass is 10.1. The molecular formula is C15H20N2O2. The van der Waals surface area contributed by atoms with E-state index in [1.54, 1.807) is 12.1 Å². The molecule has 1 aromatic carbocycles. The first kappa shape index (κ1) is 13.6. The lowest BCUT2D eigenvalue weighted by Gasteiger charge is -2.08. The summed E-state index contributed by atoms with van der Waals surface area (Å²) < 4.78 is 2.12. The number of carboxylic acids is 1. The summed E-state index contributed by atoms with van der Waals surface area (Å²) in [6.45, 7) is 7.24. The highest BCUT2D eigenvalue weighted by Gasteiger charge is 2.14. The highest BCUT2D eigenvalue weighted by atomic mass is 16.4. The minimum atomic E-state index is -0.919. The molecule has 0 amide bonds. The molecule has 0 fully saturated rings. The third-order valence-electron chi connectivity index (χ3n) is 3.36. The van der Waals surface area contributed by atoms with Gasteiger partial charge in [0, 0.05) is 6.54 Å². The van der Waals surface area contributed by atoms with E-state index in [1.807, 2.05) is 13.0 Å². The molecule has 0 saturated carbocycles. The van der Waals surface area contributed by atoms with E-state index in [0.29, 0.717) is 11.4 Å². The summed E-state index contributed by atoms with van der Waals surface area (Å²) >= 11 is 0. The molecule has 0 aliphatic carbocycles. The summed E-state index contributed by atoms with van der Waals surface area (Å²) in [6.07, 6.45) is 2.25. The number of nitrogens with zero attached hydrogens (tertiary/aromatic N) is 2. The van der Waals surface area contributed by atoms with Gasteiger partial charge in [0.2, 0.25) is 0 Å². The number of aromatic carboxylic acids is 1. The van der Waals surface area contributed by atoms with Crippen LogP contribution in [-0.2, 0) is 6.54 Å². The zero-order valence-corrected chi connectivity index (χ0v) is 11.7. The molecule has 4 heteroatoms. The van der Waals surface area contributed by atoms with E-state index >= 15 is 0 Å². The van der Waals surface area contributed by atoms with E-state index in [9.17, 15) is 9.90 Å². The van der Waals surface area contributed by atoms with Crippen molar-refractivity contribution in [1.82, 2.24) is 9.55 Å². The zero-order chi connectivity index (χ0) is 14.0. The van der Waals surface area contributed by atoms with E-state index in [1.165, 1.54) is 0 Å². The molecule has 0 radical (unpaired) electrons. The molecule has 19 heavy (non-hydrogen) atoms. The maximum Gasteiger partial charge on any atom is 0.337 e. The summed E-state index contributed by atoms with van der Waals surface area (Å²) in [5, 5.41) is 9.18. The van der Waals surface area contributed by atoms with E-state index in [-0.39, 0.29) is 5.56 Å². The van der Waals surface area contributed by atoms with Gasteiger partial charge >= 0.3 is 5.97 Å². The molecule has 0 aliphatic rings. The summed E-state index contributed by atoms with van der Waals surface area (Å²) in [5.74, 6) is 0.648. The molecule has 0 atom stereocenters. The number of hydrogen-bond acceptors (Lipinski definition) is 2. The second-order valence-corrected chi connectivity index (χ2v) is 5.33. The Balaban J connectivity index is 2.37. The van der Waals surface area contributed by atoms with E-state index < -0.39 is 5.97 Å². The van der Waals surface area contributed by atoms with Crippen LogP contribution in [-0.4, -0.2) is 20.6 Å². The van der Waals surface area contributed by atoms with Gasteiger partial charge in [-0.1, -0.05) is 19.9 Å². The third kappa shape index (κ3) is 2.78. The summed E-state index contributed by atoms with van der Waals surface area (Å²) in [7, 11) is 0. The minimum Gasteiger partial charge on any atom is -0.478 e. The van der Waals surface area contributed by atoms with Gasteiger partial charge in [-0.15, -0.1) is 0 Å². The second kappa shape index (κ2) is 5.43. The van der Waals surface area contributed by atoms with Gasteiger partial charge in [-0.05, 0) is 37.8 Å². The van der Waals surface area contributed by atoms with Gasteiger partial charge in [-0.3, -0.25) is 0 Å². The van der Waals surface area contributed by atoms with E-state index in [2.05, 4.69) is 23.4 Å². The van der Waals surface area contributed by atoms with Gasteiger partial charge in [-0.25, -0.2) is 9.78 Å². The van der Waals surface area contributed by atoms with Crippen LogP contribution in [0, 0.1) is 12.8 Å². The molecule has 2 rings (SSSR count). The van der Waals surface area contributed by atoms with Crippen LogP contribution < -0.4 is 0 Å². The number of aromatic nitrogens is 2. The number of fused-ring (bicyclic) bond motifs is 1. The van der Waals surface area contributed by atoms with Crippen LogP contribution in [0.1, 0.15) is 42.9 Å². The van der Waals surface area contributed by atoms with Gasteiger partial charge in [0.05, 0.1) is 11.1 Å². The number of carboxylic acid groups (broad SMARTS) is 1. The molecule has 0 aliphatic heterocycles. The van der Waals surface area contributed by atoms with Gasteiger partial charge in [0.15, 0.2) is 0 Å². The number of hydrogen-bond donors (Lipinski definition) is 1. The van der Waals surface area contributed by atoms with Crippen molar-refractivity contribution in [3.8, 4) is 0 Å². The van der Waals surface area contributed by atoms with Crippen molar-refractivity contribution >= 4 is 17.0 Å². The first-order valence-corrected chi connectivity index (χ1v) is 6.70. The second-order valence-electron chi connectivity index (χ2n) is 5.33. The first-order valence-electron chi connectivity index (χ1n) is 6.70. The van der Waals surface area contributed by atoms with Crippen molar-refractivity contribution in [2.75, 3.05) is 0 Å². The molecule has 102 valence electrons. The molecule has 0 unspecified atom stereocenters. The van der Waals surface area contributed by atoms with E-state index in [4.69, 9.17) is 0 Å². The van der Waals surface area contributed by atoms with Crippen molar-refractivity contribution in [2.24, 2.45) is 5.92 Å². The number of rotatable bonds is 5. The Morgan fingerprint density at radius 2 is 2.16 bits per heavy atom. The van der Waals surface area contributed by atoms with Crippen molar-refractivity contribution in [3.05, 3.63) is 29.6 Å². The highest BCUT2D eigenvalue weighted by Crippen LogP contribution is 2.21. The Morgan fingerprint density at radius 3 is 2.79 bits per heavy atom. The van der Waals surface area contributed by atoms with Gasteiger partial charge in [0.25, 0.3) is 0 Å². The first-order chi connectivity index (χ1) is 9.00.